The minimum Gasteiger partial charge on any atom is -0.462 e. The molecular formula is C21H26N2O5S. The zero-order valence-electron chi connectivity index (χ0n) is 16.8. The number of rotatable bonds is 9. The minimum atomic E-state index is -3.65. The lowest BCUT2D eigenvalue weighted by Gasteiger charge is -2.23. The van der Waals surface area contributed by atoms with Crippen molar-refractivity contribution < 1.29 is 22.7 Å². The van der Waals surface area contributed by atoms with E-state index < -0.39 is 21.9 Å². The molecule has 29 heavy (non-hydrogen) atoms. The quantitative estimate of drug-likeness (QED) is 0.498. The molecule has 0 aliphatic carbocycles. The third kappa shape index (κ3) is 6.60. The number of para-hydroxylation sites is 1. The molecular weight excluding hydrogens is 392 g/mol. The van der Waals surface area contributed by atoms with Crippen LogP contribution in [0.25, 0.3) is 0 Å². The summed E-state index contributed by atoms with van der Waals surface area (Å²) in [4.78, 5) is 24.4. The van der Waals surface area contributed by atoms with Gasteiger partial charge in [-0.2, -0.15) is 0 Å². The molecule has 1 N–H and O–H groups in total. The van der Waals surface area contributed by atoms with E-state index in [1.165, 1.54) is 0 Å². The van der Waals surface area contributed by atoms with Crippen LogP contribution in [0.5, 0.6) is 0 Å². The van der Waals surface area contributed by atoms with Crippen molar-refractivity contribution in [3.63, 3.8) is 0 Å². The number of aryl methyl sites for hydroxylation is 1. The van der Waals surface area contributed by atoms with Gasteiger partial charge in [0.1, 0.15) is 6.54 Å². The lowest BCUT2D eigenvalue weighted by Crippen LogP contribution is -2.37. The largest absolute Gasteiger partial charge is 0.462 e. The van der Waals surface area contributed by atoms with Crippen LogP contribution in [0.1, 0.15) is 35.7 Å². The summed E-state index contributed by atoms with van der Waals surface area (Å²) in [5, 5.41) is 2.65. The highest BCUT2D eigenvalue weighted by Crippen LogP contribution is 2.22. The van der Waals surface area contributed by atoms with Gasteiger partial charge in [0.05, 0.1) is 24.1 Å². The molecule has 7 nitrogen and oxygen atoms in total. The van der Waals surface area contributed by atoms with Crippen LogP contribution in [0.3, 0.4) is 0 Å². The SMILES string of the molecule is CCCCOC(=O)c1ccc(NC(=O)CN(c2ccccc2C)S(C)(=O)=O)cc1. The van der Waals surface area contributed by atoms with Crippen LogP contribution in [0.15, 0.2) is 48.5 Å². The Labute approximate surface area is 171 Å². The minimum absolute atomic E-state index is 0.357. The first kappa shape index (κ1) is 22.4. The van der Waals surface area contributed by atoms with Crippen molar-refractivity contribution in [2.75, 3.05) is 29.0 Å². The number of unbranched alkanes of at least 4 members (excludes halogenated alkanes) is 1. The average molecular weight is 419 g/mol. The number of anilines is 2. The number of hydrogen-bond donors (Lipinski definition) is 1. The van der Waals surface area contributed by atoms with Crippen molar-refractivity contribution in [2.24, 2.45) is 0 Å². The second kappa shape index (κ2) is 10.1. The van der Waals surface area contributed by atoms with Crippen LogP contribution in [-0.4, -0.2) is 39.7 Å². The molecule has 0 aromatic heterocycles. The number of esters is 1. The van der Waals surface area contributed by atoms with Crippen LogP contribution < -0.4 is 9.62 Å². The van der Waals surface area contributed by atoms with Crippen LogP contribution in [-0.2, 0) is 19.6 Å². The smallest absolute Gasteiger partial charge is 0.338 e. The van der Waals surface area contributed by atoms with Crippen LogP contribution in [0, 0.1) is 6.92 Å². The molecule has 0 saturated carbocycles. The first-order valence-corrected chi connectivity index (χ1v) is 11.2. The number of sulfonamides is 1. The summed E-state index contributed by atoms with van der Waals surface area (Å²) < 4.78 is 30.6. The zero-order valence-corrected chi connectivity index (χ0v) is 17.7. The highest BCUT2D eigenvalue weighted by atomic mass is 32.2. The van der Waals surface area contributed by atoms with Gasteiger partial charge in [-0.05, 0) is 49.2 Å². The van der Waals surface area contributed by atoms with Gasteiger partial charge in [0, 0.05) is 5.69 Å². The Balaban J connectivity index is 2.05. The summed E-state index contributed by atoms with van der Waals surface area (Å²) in [7, 11) is -3.65. The third-order valence-corrected chi connectivity index (χ3v) is 5.33. The molecule has 0 aliphatic rings. The van der Waals surface area contributed by atoms with E-state index in [0.29, 0.717) is 23.5 Å². The Morgan fingerprint density at radius 2 is 1.72 bits per heavy atom. The Bertz CT molecular complexity index is 955. The molecule has 2 rings (SSSR count). The molecule has 0 atom stereocenters. The summed E-state index contributed by atoms with van der Waals surface area (Å²) in [6.45, 7) is 3.80. The Morgan fingerprint density at radius 1 is 1.07 bits per heavy atom. The number of nitrogens with zero attached hydrogens (tertiary/aromatic N) is 1. The second-order valence-corrected chi connectivity index (χ2v) is 8.58. The number of hydrogen-bond acceptors (Lipinski definition) is 5. The Kier molecular flexibility index (Phi) is 7.78. The van der Waals surface area contributed by atoms with E-state index in [2.05, 4.69) is 5.32 Å². The van der Waals surface area contributed by atoms with Crippen LogP contribution in [0.2, 0.25) is 0 Å². The van der Waals surface area contributed by atoms with Gasteiger partial charge in [0.2, 0.25) is 15.9 Å². The maximum absolute atomic E-state index is 12.4. The lowest BCUT2D eigenvalue weighted by atomic mass is 10.2. The first-order valence-electron chi connectivity index (χ1n) is 9.32. The van der Waals surface area contributed by atoms with Gasteiger partial charge in [0.25, 0.3) is 0 Å². The first-order chi connectivity index (χ1) is 13.7. The van der Waals surface area contributed by atoms with E-state index in [4.69, 9.17) is 4.74 Å². The monoisotopic (exact) mass is 418 g/mol. The average Bonchev–Trinajstić information content (AvgIpc) is 2.66. The van der Waals surface area contributed by atoms with Gasteiger partial charge in [-0.3, -0.25) is 9.10 Å². The topological polar surface area (TPSA) is 92.8 Å². The van der Waals surface area contributed by atoms with Gasteiger partial charge in [-0.25, -0.2) is 13.2 Å². The van der Waals surface area contributed by atoms with E-state index in [1.54, 1.807) is 55.5 Å². The standard InChI is InChI=1S/C21H26N2O5S/c1-4-5-14-28-21(25)17-10-12-18(13-11-17)22-20(24)15-23(29(3,26)27)19-9-7-6-8-16(19)2/h6-13H,4-5,14-15H2,1-3H3,(H,22,24). The second-order valence-electron chi connectivity index (χ2n) is 6.67. The molecule has 0 aliphatic heterocycles. The van der Waals surface area contributed by atoms with E-state index >= 15 is 0 Å². The summed E-state index contributed by atoms with van der Waals surface area (Å²) in [6, 6.07) is 13.2. The van der Waals surface area contributed by atoms with Gasteiger partial charge < -0.3 is 10.1 Å². The van der Waals surface area contributed by atoms with E-state index in [1.807, 2.05) is 6.92 Å². The molecule has 0 spiro atoms. The number of amides is 1. The fraction of sp³-hybridized carbons (Fsp3) is 0.333. The molecule has 2 aromatic carbocycles. The van der Waals surface area contributed by atoms with Gasteiger partial charge in [-0.15, -0.1) is 0 Å². The molecule has 0 radical (unpaired) electrons. The third-order valence-electron chi connectivity index (χ3n) is 4.21. The summed E-state index contributed by atoms with van der Waals surface area (Å²) >= 11 is 0. The molecule has 0 bridgehead atoms. The number of carbonyl (C=O) groups excluding carboxylic acids is 2. The van der Waals surface area contributed by atoms with Crippen LogP contribution in [0.4, 0.5) is 11.4 Å². The molecule has 2 aromatic rings. The number of ether oxygens (including phenoxy) is 1. The van der Waals surface area contributed by atoms with Crippen molar-refractivity contribution in [1.29, 1.82) is 0 Å². The Hall–Kier alpha value is -2.87. The molecule has 0 fully saturated rings. The maximum Gasteiger partial charge on any atom is 0.338 e. The van der Waals surface area contributed by atoms with Gasteiger partial charge in [0.15, 0.2) is 0 Å². The maximum atomic E-state index is 12.4. The Morgan fingerprint density at radius 3 is 2.31 bits per heavy atom. The zero-order chi connectivity index (χ0) is 21.4. The molecule has 0 heterocycles. The lowest BCUT2D eigenvalue weighted by molar-refractivity contribution is -0.114. The van der Waals surface area contributed by atoms with Crippen molar-refractivity contribution >= 4 is 33.3 Å². The highest BCUT2D eigenvalue weighted by molar-refractivity contribution is 7.92. The van der Waals surface area contributed by atoms with Crippen molar-refractivity contribution in [1.82, 2.24) is 0 Å². The van der Waals surface area contributed by atoms with E-state index in [9.17, 15) is 18.0 Å². The van der Waals surface area contributed by atoms with Crippen molar-refractivity contribution in [3.05, 3.63) is 59.7 Å². The van der Waals surface area contributed by atoms with Crippen molar-refractivity contribution in [3.8, 4) is 0 Å². The summed E-state index contributed by atoms with van der Waals surface area (Å²) in [5.74, 6) is -0.906. The van der Waals surface area contributed by atoms with Crippen LogP contribution >= 0.6 is 0 Å². The molecule has 0 unspecified atom stereocenters. The van der Waals surface area contributed by atoms with Crippen molar-refractivity contribution in [2.45, 2.75) is 26.7 Å². The fourth-order valence-corrected chi connectivity index (χ4v) is 3.55. The number of benzene rings is 2. The van der Waals surface area contributed by atoms with Gasteiger partial charge in [-0.1, -0.05) is 31.5 Å². The summed E-state index contributed by atoms with van der Waals surface area (Å²) in [5.41, 5.74) is 2.04. The highest BCUT2D eigenvalue weighted by Gasteiger charge is 2.22. The molecule has 0 saturated heterocycles. The molecule has 8 heteroatoms. The predicted octanol–water partition coefficient (Wildman–Crippen LogP) is 3.36. The van der Waals surface area contributed by atoms with E-state index in [-0.39, 0.29) is 6.54 Å². The van der Waals surface area contributed by atoms with Gasteiger partial charge >= 0.3 is 5.97 Å². The van der Waals surface area contributed by atoms with E-state index in [0.717, 1.165) is 29.0 Å². The molecule has 156 valence electrons. The fourth-order valence-electron chi connectivity index (χ4n) is 2.64. The summed E-state index contributed by atoms with van der Waals surface area (Å²) in [6.07, 6.45) is 2.80. The normalized spacial score (nSPS) is 11.0. The number of carbonyl (C=O) groups is 2. The predicted molar refractivity (Wildman–Crippen MR) is 114 cm³/mol. The number of nitrogens with one attached hydrogen (secondary N) is 1. The molecule has 1 amide bonds.